The molecule has 0 spiro atoms. The van der Waals surface area contributed by atoms with E-state index in [1.165, 1.54) is 0 Å². The fourth-order valence-corrected chi connectivity index (χ4v) is 2.09. The zero-order valence-corrected chi connectivity index (χ0v) is 14.1. The highest BCUT2D eigenvalue weighted by Crippen LogP contribution is 2.30. The second-order valence-corrected chi connectivity index (χ2v) is 6.68. The van der Waals surface area contributed by atoms with E-state index in [0.29, 0.717) is 6.54 Å². The molecule has 7 heteroatoms. The smallest absolute Gasteiger partial charge is 0.366 e. The second-order valence-electron chi connectivity index (χ2n) is 6.68. The maximum Gasteiger partial charge on any atom is 0.433 e. The molecular weight excluding hydrogens is 317 g/mol. The van der Waals surface area contributed by atoms with Gasteiger partial charge in [-0.05, 0) is 33.3 Å². The molecule has 0 aliphatic carbocycles. The standard InChI is InChI=1S/C17H21F3N4/c1-11-6-5-7-12(8-11)10-21-14-9-13(17(18,19)20)22-15(23-14)24-16(2,3)4/h5-9H,10H2,1-4H3,(H2,21,22,23,24). The normalized spacial score (nSPS) is 12.1. The number of nitrogens with one attached hydrogen (secondary N) is 2. The maximum atomic E-state index is 13.1. The van der Waals surface area contributed by atoms with E-state index in [0.717, 1.165) is 17.2 Å². The van der Waals surface area contributed by atoms with Crippen LogP contribution in [0.15, 0.2) is 30.3 Å². The summed E-state index contributed by atoms with van der Waals surface area (Å²) >= 11 is 0. The molecule has 24 heavy (non-hydrogen) atoms. The van der Waals surface area contributed by atoms with Crippen LogP contribution in [0.2, 0.25) is 0 Å². The van der Waals surface area contributed by atoms with Crippen LogP contribution in [0.3, 0.4) is 0 Å². The molecule has 0 saturated heterocycles. The Bertz CT molecular complexity index is 706. The minimum atomic E-state index is -4.53. The first-order chi connectivity index (χ1) is 11.0. The molecule has 0 atom stereocenters. The van der Waals surface area contributed by atoms with E-state index in [1.54, 1.807) is 0 Å². The molecule has 2 aromatic rings. The Hall–Kier alpha value is -2.31. The third kappa shape index (κ3) is 5.40. The van der Waals surface area contributed by atoms with Crippen molar-refractivity contribution in [3.63, 3.8) is 0 Å². The van der Waals surface area contributed by atoms with Crippen LogP contribution in [0.5, 0.6) is 0 Å². The molecule has 0 aliphatic rings. The molecule has 1 heterocycles. The molecule has 0 saturated carbocycles. The Labute approximate surface area is 139 Å². The Kier molecular flexibility index (Phi) is 5.01. The van der Waals surface area contributed by atoms with Crippen LogP contribution in [0.4, 0.5) is 24.9 Å². The number of halogens is 3. The van der Waals surface area contributed by atoms with Crippen molar-refractivity contribution >= 4 is 11.8 Å². The van der Waals surface area contributed by atoms with Crippen LogP contribution in [-0.4, -0.2) is 15.5 Å². The van der Waals surface area contributed by atoms with Crippen LogP contribution in [0.25, 0.3) is 0 Å². The summed E-state index contributed by atoms with van der Waals surface area (Å²) < 4.78 is 39.2. The van der Waals surface area contributed by atoms with Crippen molar-refractivity contribution in [1.82, 2.24) is 9.97 Å². The van der Waals surface area contributed by atoms with E-state index in [2.05, 4.69) is 20.6 Å². The van der Waals surface area contributed by atoms with Crippen molar-refractivity contribution in [2.45, 2.75) is 46.0 Å². The summed E-state index contributed by atoms with van der Waals surface area (Å²) in [5.74, 6) is 0.0784. The summed E-state index contributed by atoms with van der Waals surface area (Å²) in [7, 11) is 0. The van der Waals surface area contributed by atoms with E-state index in [1.807, 2.05) is 52.0 Å². The number of aryl methyl sites for hydroxylation is 1. The summed E-state index contributed by atoms with van der Waals surface area (Å²) in [5, 5.41) is 5.81. The molecule has 1 aromatic carbocycles. The van der Waals surface area contributed by atoms with Gasteiger partial charge in [-0.3, -0.25) is 0 Å². The Balaban J connectivity index is 2.25. The predicted molar refractivity (Wildman–Crippen MR) is 88.9 cm³/mol. The Morgan fingerprint density at radius 2 is 1.75 bits per heavy atom. The summed E-state index contributed by atoms with van der Waals surface area (Å²) in [4.78, 5) is 7.71. The lowest BCUT2D eigenvalue weighted by molar-refractivity contribution is -0.141. The van der Waals surface area contributed by atoms with Crippen LogP contribution in [0, 0.1) is 6.92 Å². The maximum absolute atomic E-state index is 13.1. The summed E-state index contributed by atoms with van der Waals surface area (Å²) in [5.41, 5.74) is 0.629. The molecule has 1 aromatic heterocycles. The molecule has 0 radical (unpaired) electrons. The average Bonchev–Trinajstić information content (AvgIpc) is 2.42. The number of anilines is 2. The van der Waals surface area contributed by atoms with Gasteiger partial charge in [-0.25, -0.2) is 4.98 Å². The van der Waals surface area contributed by atoms with Crippen molar-refractivity contribution in [1.29, 1.82) is 0 Å². The molecule has 130 valence electrons. The van der Waals surface area contributed by atoms with E-state index in [-0.39, 0.29) is 11.8 Å². The highest BCUT2D eigenvalue weighted by Gasteiger charge is 2.34. The van der Waals surface area contributed by atoms with Crippen molar-refractivity contribution in [2.24, 2.45) is 0 Å². The second kappa shape index (κ2) is 6.67. The molecule has 0 unspecified atom stereocenters. The van der Waals surface area contributed by atoms with Gasteiger partial charge in [-0.2, -0.15) is 18.2 Å². The number of nitrogens with zero attached hydrogens (tertiary/aromatic N) is 2. The fourth-order valence-electron chi connectivity index (χ4n) is 2.09. The summed E-state index contributed by atoms with van der Waals surface area (Å²) in [6.07, 6.45) is -4.53. The number of rotatable bonds is 4. The van der Waals surface area contributed by atoms with Crippen molar-refractivity contribution in [3.05, 3.63) is 47.2 Å². The van der Waals surface area contributed by atoms with E-state index in [4.69, 9.17) is 0 Å². The molecule has 0 fully saturated rings. The van der Waals surface area contributed by atoms with Crippen LogP contribution in [0.1, 0.15) is 37.6 Å². The van der Waals surface area contributed by atoms with Gasteiger partial charge in [0.25, 0.3) is 0 Å². The first-order valence-electron chi connectivity index (χ1n) is 7.57. The van der Waals surface area contributed by atoms with Gasteiger partial charge in [-0.15, -0.1) is 0 Å². The lowest BCUT2D eigenvalue weighted by Gasteiger charge is -2.21. The average molecular weight is 338 g/mol. The zero-order valence-electron chi connectivity index (χ0n) is 14.1. The lowest BCUT2D eigenvalue weighted by Crippen LogP contribution is -2.28. The van der Waals surface area contributed by atoms with Gasteiger partial charge in [0.2, 0.25) is 5.95 Å². The van der Waals surface area contributed by atoms with E-state index >= 15 is 0 Å². The third-order valence-electron chi connectivity index (χ3n) is 3.06. The summed E-state index contributed by atoms with van der Waals surface area (Å²) in [6, 6.07) is 8.65. The lowest BCUT2D eigenvalue weighted by atomic mass is 10.1. The molecule has 4 nitrogen and oxygen atoms in total. The van der Waals surface area contributed by atoms with E-state index < -0.39 is 17.4 Å². The van der Waals surface area contributed by atoms with Crippen LogP contribution in [-0.2, 0) is 12.7 Å². The zero-order chi connectivity index (χ0) is 18.0. The van der Waals surface area contributed by atoms with Crippen molar-refractivity contribution in [2.75, 3.05) is 10.6 Å². The van der Waals surface area contributed by atoms with Crippen molar-refractivity contribution in [3.8, 4) is 0 Å². The van der Waals surface area contributed by atoms with Gasteiger partial charge in [0.15, 0.2) is 5.69 Å². The minimum absolute atomic E-state index is 0.0518. The van der Waals surface area contributed by atoms with Crippen molar-refractivity contribution < 1.29 is 13.2 Å². The van der Waals surface area contributed by atoms with Crippen LogP contribution >= 0.6 is 0 Å². The predicted octanol–water partition coefficient (Wildman–Crippen LogP) is 4.63. The molecule has 0 aliphatic heterocycles. The first kappa shape index (κ1) is 18.0. The monoisotopic (exact) mass is 338 g/mol. The quantitative estimate of drug-likeness (QED) is 0.854. The first-order valence-corrected chi connectivity index (χ1v) is 7.57. The number of hydrogen-bond donors (Lipinski definition) is 2. The van der Waals surface area contributed by atoms with Gasteiger partial charge in [0.05, 0.1) is 0 Å². The summed E-state index contributed by atoms with van der Waals surface area (Å²) in [6.45, 7) is 7.83. The largest absolute Gasteiger partial charge is 0.433 e. The number of hydrogen-bond acceptors (Lipinski definition) is 4. The molecule has 0 bridgehead atoms. The Morgan fingerprint density at radius 3 is 2.33 bits per heavy atom. The molecule has 2 rings (SSSR count). The number of alkyl halides is 3. The number of aromatic nitrogens is 2. The van der Waals surface area contributed by atoms with Gasteiger partial charge in [0, 0.05) is 18.2 Å². The van der Waals surface area contributed by atoms with Gasteiger partial charge in [0.1, 0.15) is 5.82 Å². The number of benzene rings is 1. The van der Waals surface area contributed by atoms with Gasteiger partial charge < -0.3 is 10.6 Å². The molecule has 2 N–H and O–H groups in total. The Morgan fingerprint density at radius 1 is 1.04 bits per heavy atom. The fraction of sp³-hybridized carbons (Fsp3) is 0.412. The highest BCUT2D eigenvalue weighted by atomic mass is 19.4. The molecular formula is C17H21F3N4. The van der Waals surface area contributed by atoms with Crippen LogP contribution < -0.4 is 10.6 Å². The topological polar surface area (TPSA) is 49.8 Å². The SMILES string of the molecule is Cc1cccc(CNc2cc(C(F)(F)F)nc(NC(C)(C)C)n2)c1. The molecule has 0 amide bonds. The minimum Gasteiger partial charge on any atom is -0.366 e. The highest BCUT2D eigenvalue weighted by molar-refractivity contribution is 5.44. The van der Waals surface area contributed by atoms with E-state index in [9.17, 15) is 13.2 Å². The third-order valence-corrected chi connectivity index (χ3v) is 3.06. The van der Waals surface area contributed by atoms with Gasteiger partial charge >= 0.3 is 6.18 Å². The van der Waals surface area contributed by atoms with Gasteiger partial charge in [-0.1, -0.05) is 29.8 Å².